The van der Waals surface area contributed by atoms with Crippen molar-refractivity contribution < 1.29 is 9.66 Å². The second-order valence-corrected chi connectivity index (χ2v) is 3.65. The van der Waals surface area contributed by atoms with E-state index in [-0.39, 0.29) is 11.6 Å². The summed E-state index contributed by atoms with van der Waals surface area (Å²) in [6.07, 6.45) is 0. The van der Waals surface area contributed by atoms with Gasteiger partial charge in [0.2, 0.25) is 0 Å². The number of aromatic nitrogens is 1. The molecule has 0 aromatic carbocycles. The lowest BCUT2D eigenvalue weighted by atomic mass is 10.4. The van der Waals surface area contributed by atoms with Crippen molar-refractivity contribution in [1.82, 2.24) is 4.98 Å². The lowest BCUT2D eigenvalue weighted by molar-refractivity contribution is -0.386. The smallest absolute Gasteiger partial charge is 0.332 e. The average molecular weight is 312 g/mol. The summed E-state index contributed by atoms with van der Waals surface area (Å²) in [6, 6.07) is 1.33. The Morgan fingerprint density at radius 3 is 2.69 bits per heavy atom. The van der Waals surface area contributed by atoms with Crippen LogP contribution in [0.5, 0.6) is 5.88 Å². The minimum Gasteiger partial charge on any atom is -0.476 e. The van der Waals surface area contributed by atoms with E-state index >= 15 is 0 Å². The van der Waals surface area contributed by atoms with E-state index in [2.05, 4.69) is 36.8 Å². The number of halogens is 2. The summed E-state index contributed by atoms with van der Waals surface area (Å²) >= 11 is 6.22. The molecule has 0 saturated carbocycles. The molecule has 5 nitrogen and oxygen atoms in total. The van der Waals surface area contributed by atoms with Crippen LogP contribution in [0, 0.1) is 10.1 Å². The zero-order chi connectivity index (χ0) is 10.0. The van der Waals surface area contributed by atoms with Gasteiger partial charge in [-0.05, 0) is 31.9 Å². The van der Waals surface area contributed by atoms with Crippen molar-refractivity contribution in [2.75, 3.05) is 7.11 Å². The fraction of sp³-hybridized carbons (Fsp3) is 0.167. The number of nitrogens with zero attached hydrogens (tertiary/aromatic N) is 2. The van der Waals surface area contributed by atoms with E-state index in [0.717, 1.165) is 0 Å². The summed E-state index contributed by atoms with van der Waals surface area (Å²) in [5, 5.41) is 10.5. The summed E-state index contributed by atoms with van der Waals surface area (Å²) < 4.78 is 5.72. The van der Waals surface area contributed by atoms with Gasteiger partial charge < -0.3 is 4.74 Å². The number of ether oxygens (including phenoxy) is 1. The number of rotatable bonds is 2. The Morgan fingerprint density at radius 2 is 2.23 bits per heavy atom. The molecule has 0 N–H and O–H groups in total. The molecule has 0 radical (unpaired) electrons. The van der Waals surface area contributed by atoms with Crippen LogP contribution < -0.4 is 4.74 Å². The third kappa shape index (κ3) is 2.16. The Labute approximate surface area is 90.5 Å². The van der Waals surface area contributed by atoms with Gasteiger partial charge in [-0.2, -0.15) is 4.98 Å². The van der Waals surface area contributed by atoms with Gasteiger partial charge in [-0.25, -0.2) is 0 Å². The van der Waals surface area contributed by atoms with Crippen LogP contribution in [0.1, 0.15) is 0 Å². The zero-order valence-electron chi connectivity index (χ0n) is 6.45. The Balaban J connectivity index is 3.33. The molecule has 0 bridgehead atoms. The maximum atomic E-state index is 10.5. The van der Waals surface area contributed by atoms with Crippen molar-refractivity contribution in [3.8, 4) is 5.88 Å². The molecule has 0 aliphatic heterocycles. The number of pyridine rings is 1. The van der Waals surface area contributed by atoms with Crippen molar-refractivity contribution in [2.45, 2.75) is 0 Å². The normalized spacial score (nSPS) is 9.77. The first-order chi connectivity index (χ1) is 6.06. The van der Waals surface area contributed by atoms with Gasteiger partial charge in [0.05, 0.1) is 16.5 Å². The molecule has 1 heterocycles. The van der Waals surface area contributed by atoms with E-state index in [0.29, 0.717) is 9.08 Å². The Morgan fingerprint density at radius 1 is 1.62 bits per heavy atom. The third-order valence-electron chi connectivity index (χ3n) is 1.27. The first-order valence-electron chi connectivity index (χ1n) is 3.10. The number of nitro groups is 1. The van der Waals surface area contributed by atoms with Crippen molar-refractivity contribution >= 4 is 37.5 Å². The zero-order valence-corrected chi connectivity index (χ0v) is 9.62. The molecule has 70 valence electrons. The molecule has 0 atom stereocenters. The SMILES string of the molecule is COc1nc(Br)c(Br)cc1[N+](=O)[O-]. The summed E-state index contributed by atoms with van der Waals surface area (Å²) in [4.78, 5) is 13.8. The van der Waals surface area contributed by atoms with Crippen LogP contribution in [0.15, 0.2) is 15.1 Å². The molecule has 7 heteroatoms. The lowest BCUT2D eigenvalue weighted by Crippen LogP contribution is -1.96. The van der Waals surface area contributed by atoms with Crippen LogP contribution in [0.2, 0.25) is 0 Å². The number of methoxy groups -OCH3 is 1. The minimum atomic E-state index is -0.553. The highest BCUT2D eigenvalue weighted by atomic mass is 79.9. The molecule has 1 aromatic rings. The van der Waals surface area contributed by atoms with Crippen molar-refractivity contribution in [3.63, 3.8) is 0 Å². The summed E-state index contributed by atoms with van der Waals surface area (Å²) in [7, 11) is 1.33. The fourth-order valence-electron chi connectivity index (χ4n) is 0.722. The van der Waals surface area contributed by atoms with Crippen LogP contribution in [0.3, 0.4) is 0 Å². The second-order valence-electron chi connectivity index (χ2n) is 2.05. The highest BCUT2D eigenvalue weighted by Gasteiger charge is 2.18. The Kier molecular flexibility index (Phi) is 3.21. The van der Waals surface area contributed by atoms with Gasteiger partial charge in [-0.15, -0.1) is 0 Å². The van der Waals surface area contributed by atoms with Gasteiger partial charge in [-0.1, -0.05) is 0 Å². The lowest BCUT2D eigenvalue weighted by Gasteiger charge is -2.01. The van der Waals surface area contributed by atoms with E-state index in [9.17, 15) is 10.1 Å². The molecule has 1 rings (SSSR count). The predicted octanol–water partition coefficient (Wildman–Crippen LogP) is 2.52. The van der Waals surface area contributed by atoms with Gasteiger partial charge >= 0.3 is 5.69 Å². The number of hydrogen-bond acceptors (Lipinski definition) is 4. The Hall–Kier alpha value is -0.690. The first kappa shape index (κ1) is 10.4. The van der Waals surface area contributed by atoms with E-state index in [4.69, 9.17) is 4.74 Å². The third-order valence-corrected chi connectivity index (χ3v) is 3.01. The molecule has 1 aromatic heterocycles. The first-order valence-corrected chi connectivity index (χ1v) is 4.69. The van der Waals surface area contributed by atoms with Gasteiger partial charge in [0.15, 0.2) is 0 Å². The molecule has 0 unspecified atom stereocenters. The summed E-state index contributed by atoms with van der Waals surface area (Å²) in [5.74, 6) is -0.0138. The second kappa shape index (κ2) is 4.01. The van der Waals surface area contributed by atoms with Gasteiger partial charge in [0, 0.05) is 6.07 Å². The van der Waals surface area contributed by atoms with Crippen molar-refractivity contribution in [2.24, 2.45) is 0 Å². The summed E-state index contributed by atoms with van der Waals surface area (Å²) in [5.41, 5.74) is -0.169. The number of hydrogen-bond donors (Lipinski definition) is 0. The van der Waals surface area contributed by atoms with Crippen LogP contribution in [-0.2, 0) is 0 Å². The van der Waals surface area contributed by atoms with E-state index in [1.165, 1.54) is 13.2 Å². The molecule has 13 heavy (non-hydrogen) atoms. The standard InChI is InChI=1S/C6H4Br2N2O3/c1-13-6-4(10(11)12)2-3(7)5(8)9-6/h2H,1H3. The Bertz CT molecular complexity index is 356. The van der Waals surface area contributed by atoms with Gasteiger partial charge in [0.25, 0.3) is 5.88 Å². The molecular weight excluding hydrogens is 308 g/mol. The molecule has 0 spiro atoms. The van der Waals surface area contributed by atoms with Gasteiger partial charge in [-0.3, -0.25) is 10.1 Å². The largest absolute Gasteiger partial charge is 0.476 e. The maximum Gasteiger partial charge on any atom is 0.332 e. The quantitative estimate of drug-likeness (QED) is 0.478. The molecule has 0 amide bonds. The highest BCUT2D eigenvalue weighted by molar-refractivity contribution is 9.13. The predicted molar refractivity (Wildman–Crippen MR) is 52.8 cm³/mol. The van der Waals surface area contributed by atoms with Crippen LogP contribution in [-0.4, -0.2) is 17.0 Å². The topological polar surface area (TPSA) is 65.3 Å². The fourth-order valence-corrected chi connectivity index (χ4v) is 1.30. The molecule has 0 saturated heterocycles. The highest BCUT2D eigenvalue weighted by Crippen LogP contribution is 2.32. The molecular formula is C6H4Br2N2O3. The van der Waals surface area contributed by atoms with Crippen LogP contribution in [0.25, 0.3) is 0 Å². The van der Waals surface area contributed by atoms with Crippen molar-refractivity contribution in [1.29, 1.82) is 0 Å². The maximum absolute atomic E-state index is 10.5. The molecule has 0 aliphatic rings. The average Bonchev–Trinajstić information content (AvgIpc) is 2.08. The van der Waals surface area contributed by atoms with Crippen LogP contribution in [0.4, 0.5) is 5.69 Å². The van der Waals surface area contributed by atoms with E-state index in [1.54, 1.807) is 0 Å². The molecule has 0 aliphatic carbocycles. The van der Waals surface area contributed by atoms with Crippen LogP contribution >= 0.6 is 31.9 Å². The summed E-state index contributed by atoms with van der Waals surface area (Å²) in [6.45, 7) is 0. The van der Waals surface area contributed by atoms with Gasteiger partial charge in [0.1, 0.15) is 4.60 Å². The minimum absolute atomic E-state index is 0.0138. The van der Waals surface area contributed by atoms with E-state index in [1.807, 2.05) is 0 Å². The molecule has 0 fully saturated rings. The van der Waals surface area contributed by atoms with Crippen molar-refractivity contribution in [3.05, 3.63) is 25.3 Å². The monoisotopic (exact) mass is 310 g/mol. The van der Waals surface area contributed by atoms with E-state index < -0.39 is 4.92 Å².